The van der Waals surface area contributed by atoms with Gasteiger partial charge in [0.25, 0.3) is 6.43 Å². The molecule has 1 rings (SSSR count). The number of rotatable bonds is 2. The predicted octanol–water partition coefficient (Wildman–Crippen LogP) is 4.24. The van der Waals surface area contributed by atoms with Crippen LogP contribution in [-0.4, -0.2) is 5.78 Å². The van der Waals surface area contributed by atoms with Crippen molar-refractivity contribution in [2.45, 2.75) is 13.3 Å². The molecule has 0 aliphatic carbocycles. The normalized spacial score (nSPS) is 10.7. The van der Waals surface area contributed by atoms with Crippen LogP contribution < -0.4 is 0 Å². The number of ketones is 1. The van der Waals surface area contributed by atoms with Gasteiger partial charge in [0.05, 0.1) is 5.02 Å². The van der Waals surface area contributed by atoms with Gasteiger partial charge < -0.3 is 0 Å². The maximum absolute atomic E-state index is 12.6. The third-order valence-electron chi connectivity index (χ3n) is 1.71. The van der Waals surface area contributed by atoms with E-state index in [1.807, 2.05) is 0 Å². The molecule has 0 bridgehead atoms. The largest absolute Gasteiger partial charge is 0.294 e. The molecule has 14 heavy (non-hydrogen) atoms. The molecule has 0 radical (unpaired) electrons. The maximum Gasteiger partial charge on any atom is 0.265 e. The zero-order valence-electron chi connectivity index (χ0n) is 7.15. The first-order chi connectivity index (χ1) is 6.45. The van der Waals surface area contributed by atoms with Crippen LogP contribution in [0.2, 0.25) is 5.02 Å². The Morgan fingerprint density at radius 3 is 2.43 bits per heavy atom. The Balaban J connectivity index is 3.50. The van der Waals surface area contributed by atoms with Crippen molar-refractivity contribution in [2.75, 3.05) is 0 Å². The van der Waals surface area contributed by atoms with Gasteiger partial charge in [0.15, 0.2) is 5.78 Å². The molecule has 0 saturated heterocycles. The van der Waals surface area contributed by atoms with Gasteiger partial charge in [0, 0.05) is 15.6 Å². The van der Waals surface area contributed by atoms with Gasteiger partial charge in [0.2, 0.25) is 0 Å². The van der Waals surface area contributed by atoms with Crippen molar-refractivity contribution < 1.29 is 13.6 Å². The summed E-state index contributed by atoms with van der Waals surface area (Å²) >= 11 is 8.62. The van der Waals surface area contributed by atoms with Gasteiger partial charge in [-0.25, -0.2) is 8.78 Å². The van der Waals surface area contributed by atoms with Gasteiger partial charge in [0.1, 0.15) is 0 Å². The highest BCUT2D eigenvalue weighted by atomic mass is 79.9. The molecule has 5 heteroatoms. The monoisotopic (exact) mass is 282 g/mol. The summed E-state index contributed by atoms with van der Waals surface area (Å²) in [6.45, 7) is 1.21. The first-order valence-corrected chi connectivity index (χ1v) is 4.89. The Hall–Kier alpha value is -0.480. The number of benzene rings is 1. The molecule has 0 amide bonds. The topological polar surface area (TPSA) is 17.1 Å². The lowest BCUT2D eigenvalue weighted by Crippen LogP contribution is -2.02. The Morgan fingerprint density at radius 1 is 1.50 bits per heavy atom. The summed E-state index contributed by atoms with van der Waals surface area (Å²) in [5.74, 6) is -0.466. The Kier molecular flexibility index (Phi) is 3.61. The molecule has 76 valence electrons. The number of carbonyl (C=O) groups is 1. The predicted molar refractivity (Wildman–Crippen MR) is 54.1 cm³/mol. The zero-order valence-corrected chi connectivity index (χ0v) is 9.49. The summed E-state index contributed by atoms with van der Waals surface area (Å²) in [4.78, 5) is 11.1. The van der Waals surface area contributed by atoms with Crippen molar-refractivity contribution in [3.05, 3.63) is 32.8 Å². The van der Waals surface area contributed by atoms with Crippen molar-refractivity contribution >= 4 is 33.3 Å². The Labute approximate surface area is 93.2 Å². The Bertz CT molecular complexity index is 379. The van der Waals surface area contributed by atoms with E-state index in [2.05, 4.69) is 15.9 Å². The standard InChI is InChI=1S/C9H6BrClF2O/c1-4(14)7-6(11)3-2-5(10)8(7)9(12)13/h2-3,9H,1H3. The summed E-state index contributed by atoms with van der Waals surface area (Å²) in [5.41, 5.74) is -0.457. The molecule has 1 aromatic rings. The van der Waals surface area contributed by atoms with Crippen molar-refractivity contribution in [1.29, 1.82) is 0 Å². The van der Waals surface area contributed by atoms with E-state index in [-0.39, 0.29) is 20.6 Å². The van der Waals surface area contributed by atoms with E-state index < -0.39 is 12.2 Å². The average Bonchev–Trinajstić information content (AvgIpc) is 2.07. The van der Waals surface area contributed by atoms with Gasteiger partial charge in [-0.15, -0.1) is 0 Å². The van der Waals surface area contributed by atoms with Gasteiger partial charge >= 0.3 is 0 Å². The second kappa shape index (κ2) is 4.36. The number of Topliss-reactive ketones (excluding diaryl/α,β-unsaturated/α-hetero) is 1. The van der Waals surface area contributed by atoms with Crippen LogP contribution in [0.4, 0.5) is 8.78 Å². The summed E-state index contributed by atoms with van der Waals surface area (Å²) in [6, 6.07) is 2.81. The summed E-state index contributed by atoms with van der Waals surface area (Å²) in [5, 5.41) is 0.0519. The third kappa shape index (κ3) is 2.12. The highest BCUT2D eigenvalue weighted by Crippen LogP contribution is 2.34. The maximum atomic E-state index is 12.6. The lowest BCUT2D eigenvalue weighted by molar-refractivity contribution is 0.0998. The van der Waals surface area contributed by atoms with Crippen molar-refractivity contribution in [1.82, 2.24) is 0 Å². The molecule has 1 aromatic carbocycles. The molecule has 0 spiro atoms. The van der Waals surface area contributed by atoms with Gasteiger partial charge in [-0.3, -0.25) is 4.79 Å². The average molecular weight is 283 g/mol. The summed E-state index contributed by atoms with van der Waals surface area (Å²) < 4.78 is 25.4. The number of hydrogen-bond acceptors (Lipinski definition) is 1. The smallest absolute Gasteiger partial charge is 0.265 e. The van der Waals surface area contributed by atoms with Crippen LogP contribution in [0, 0.1) is 0 Å². The molecule has 0 saturated carbocycles. The van der Waals surface area contributed by atoms with Crippen molar-refractivity contribution in [2.24, 2.45) is 0 Å². The quantitative estimate of drug-likeness (QED) is 0.742. The number of alkyl halides is 2. The van der Waals surface area contributed by atoms with Crippen LogP contribution in [0.5, 0.6) is 0 Å². The van der Waals surface area contributed by atoms with Gasteiger partial charge in [-0.1, -0.05) is 27.5 Å². The summed E-state index contributed by atoms with van der Waals surface area (Å²) in [6.07, 6.45) is -2.72. The van der Waals surface area contributed by atoms with Crippen LogP contribution in [0.1, 0.15) is 29.3 Å². The van der Waals surface area contributed by atoms with Crippen LogP contribution in [-0.2, 0) is 0 Å². The highest BCUT2D eigenvalue weighted by Gasteiger charge is 2.21. The highest BCUT2D eigenvalue weighted by molar-refractivity contribution is 9.10. The molecular formula is C9H6BrClF2O. The van der Waals surface area contributed by atoms with Crippen LogP contribution in [0.25, 0.3) is 0 Å². The van der Waals surface area contributed by atoms with E-state index in [0.29, 0.717) is 0 Å². The molecule has 1 nitrogen and oxygen atoms in total. The first kappa shape index (κ1) is 11.6. The van der Waals surface area contributed by atoms with Crippen LogP contribution in [0.15, 0.2) is 16.6 Å². The number of halogens is 4. The summed E-state index contributed by atoms with van der Waals surface area (Å²) in [7, 11) is 0. The molecule has 0 fully saturated rings. The molecule has 0 unspecified atom stereocenters. The second-order valence-electron chi connectivity index (χ2n) is 2.67. The fourth-order valence-corrected chi connectivity index (χ4v) is 1.94. The first-order valence-electron chi connectivity index (χ1n) is 3.72. The van der Waals surface area contributed by atoms with Crippen molar-refractivity contribution in [3.63, 3.8) is 0 Å². The van der Waals surface area contributed by atoms with Crippen LogP contribution in [0.3, 0.4) is 0 Å². The SMILES string of the molecule is CC(=O)c1c(Cl)ccc(Br)c1C(F)F. The van der Waals surface area contributed by atoms with E-state index in [4.69, 9.17) is 11.6 Å². The number of carbonyl (C=O) groups excluding carboxylic acids is 1. The Morgan fingerprint density at radius 2 is 2.07 bits per heavy atom. The van der Waals surface area contributed by atoms with E-state index in [9.17, 15) is 13.6 Å². The van der Waals surface area contributed by atoms with Crippen molar-refractivity contribution in [3.8, 4) is 0 Å². The third-order valence-corrected chi connectivity index (χ3v) is 2.72. The van der Waals surface area contributed by atoms with Gasteiger partial charge in [-0.05, 0) is 19.1 Å². The molecule has 0 aromatic heterocycles. The molecule has 0 heterocycles. The molecule has 0 aliphatic rings. The lowest BCUT2D eigenvalue weighted by atomic mass is 10.0. The van der Waals surface area contributed by atoms with E-state index in [0.717, 1.165) is 0 Å². The molecule has 0 atom stereocenters. The van der Waals surface area contributed by atoms with Gasteiger partial charge in [-0.2, -0.15) is 0 Å². The van der Waals surface area contributed by atoms with E-state index in [1.54, 1.807) is 0 Å². The molecule has 0 N–H and O–H groups in total. The molecular weight excluding hydrogens is 277 g/mol. The van der Waals surface area contributed by atoms with E-state index in [1.165, 1.54) is 19.1 Å². The minimum Gasteiger partial charge on any atom is -0.294 e. The lowest BCUT2D eigenvalue weighted by Gasteiger charge is -2.09. The second-order valence-corrected chi connectivity index (χ2v) is 3.94. The fraction of sp³-hybridized carbons (Fsp3) is 0.222. The van der Waals surface area contributed by atoms with E-state index >= 15 is 0 Å². The minimum absolute atomic E-state index is 0.0519. The minimum atomic E-state index is -2.72. The number of hydrogen-bond donors (Lipinski definition) is 0. The fourth-order valence-electron chi connectivity index (χ4n) is 1.14. The van der Waals surface area contributed by atoms with Crippen LogP contribution >= 0.6 is 27.5 Å². The zero-order chi connectivity index (χ0) is 10.9. The molecule has 0 aliphatic heterocycles.